The number of aromatic nitrogens is 1. The van der Waals surface area contributed by atoms with Crippen molar-refractivity contribution in [3.63, 3.8) is 0 Å². The lowest BCUT2D eigenvalue weighted by atomic mass is 10.0. The zero-order valence-corrected chi connectivity index (χ0v) is 61.8. The summed E-state index contributed by atoms with van der Waals surface area (Å²) in [5, 5.41) is 70.0. The number of carboxylic acids is 1. The third-order valence-electron chi connectivity index (χ3n) is 16.0. The van der Waals surface area contributed by atoms with E-state index in [1.807, 2.05) is 0 Å². The van der Waals surface area contributed by atoms with E-state index in [1.165, 1.54) is 31.2 Å². The minimum atomic E-state index is -1.93. The van der Waals surface area contributed by atoms with Gasteiger partial charge in [0.25, 0.3) is 0 Å². The number of aromatic amines is 1. The normalized spacial score (nSPS) is 14.5. The number of carbonyl (C=O) groups is 14. The average molecular weight is 1540 g/mol. The van der Waals surface area contributed by atoms with Gasteiger partial charge in [-0.25, -0.2) is 0 Å². The minimum Gasteiger partial charge on any atom is -0.508 e. The van der Waals surface area contributed by atoms with Crippen LogP contribution < -0.4 is 98.2 Å². The molecule has 2 aromatic carbocycles. The molecule has 0 aliphatic rings. The molecular weight excluding hydrogens is 1440 g/mol. The van der Waals surface area contributed by atoms with Crippen molar-refractivity contribution in [1.29, 1.82) is 0 Å². The first kappa shape index (κ1) is 90.7. The summed E-state index contributed by atoms with van der Waals surface area (Å²) >= 11 is 8.19. The van der Waals surface area contributed by atoms with Crippen molar-refractivity contribution >= 4 is 131 Å². The van der Waals surface area contributed by atoms with Crippen LogP contribution in [0.15, 0.2) is 64.7 Å². The number of primary amides is 1. The second-order valence-electron chi connectivity index (χ2n) is 25.9. The molecule has 0 saturated heterocycles. The molecule has 107 heavy (non-hydrogen) atoms. The average Bonchev–Trinajstić information content (AvgIpc) is 1.69. The molecule has 29 N–H and O–H groups in total. The first-order valence-electron chi connectivity index (χ1n) is 34.3. The number of guanidine groups is 2. The van der Waals surface area contributed by atoms with Gasteiger partial charge in [0.2, 0.25) is 76.8 Å². The highest BCUT2D eigenvalue weighted by Crippen LogP contribution is 2.20. The molecule has 0 spiro atoms. The van der Waals surface area contributed by atoms with Crippen LogP contribution in [0.1, 0.15) is 97.1 Å². The van der Waals surface area contributed by atoms with Crippen LogP contribution in [0, 0.1) is 11.8 Å². The van der Waals surface area contributed by atoms with E-state index in [9.17, 15) is 87.5 Å². The van der Waals surface area contributed by atoms with Crippen LogP contribution in [0.4, 0.5) is 0 Å². The Bertz CT molecular complexity index is 3590. The fraction of sp³-hybridized carbons (Fsp3) is 0.545. The van der Waals surface area contributed by atoms with Crippen LogP contribution in [0.5, 0.6) is 5.75 Å². The number of rotatable bonds is 48. The lowest BCUT2D eigenvalue weighted by Gasteiger charge is -2.28. The van der Waals surface area contributed by atoms with Gasteiger partial charge in [0, 0.05) is 67.5 Å². The number of para-hydroxylation sites is 1. The summed E-state index contributed by atoms with van der Waals surface area (Å²) in [6, 6.07) is -5.01. The summed E-state index contributed by atoms with van der Waals surface area (Å²) < 4.78 is 0. The maximum absolute atomic E-state index is 14.4. The third kappa shape index (κ3) is 32.8. The summed E-state index contributed by atoms with van der Waals surface area (Å²) in [6.45, 7) is 5.42. The Balaban J connectivity index is 1.76. The number of phenolic OH excluding ortho intramolecular Hbond substituents is 1. The van der Waals surface area contributed by atoms with E-state index < -0.39 is 187 Å². The maximum atomic E-state index is 14.4. The van der Waals surface area contributed by atoms with Gasteiger partial charge in [0.15, 0.2) is 11.9 Å². The van der Waals surface area contributed by atoms with Crippen molar-refractivity contribution in [2.45, 2.75) is 171 Å². The summed E-state index contributed by atoms with van der Waals surface area (Å²) in [4.78, 5) is 200. The molecule has 13 amide bonds. The molecular formula is C66H103N21O18S2. The highest BCUT2D eigenvalue weighted by Gasteiger charge is 2.37. The zero-order valence-electron chi connectivity index (χ0n) is 60.1. The number of carboxylic acid groups (broad SMARTS) is 1. The first-order chi connectivity index (χ1) is 50.5. The van der Waals surface area contributed by atoms with Crippen LogP contribution in [0.25, 0.3) is 10.9 Å². The van der Waals surface area contributed by atoms with Crippen molar-refractivity contribution < 1.29 is 87.5 Å². The number of aromatic hydroxyl groups is 1. The van der Waals surface area contributed by atoms with Crippen molar-refractivity contribution in [2.75, 3.05) is 44.4 Å². The van der Waals surface area contributed by atoms with Gasteiger partial charge in [0.1, 0.15) is 72.2 Å². The number of nitrogens with zero attached hydrogens (tertiary/aromatic N) is 2. The predicted molar refractivity (Wildman–Crippen MR) is 398 cm³/mol. The van der Waals surface area contributed by atoms with Gasteiger partial charge in [-0.1, -0.05) is 58.0 Å². The van der Waals surface area contributed by atoms with Gasteiger partial charge in [-0.15, -0.1) is 0 Å². The Labute approximate surface area is 628 Å². The minimum absolute atomic E-state index is 0.00283. The Morgan fingerprint density at radius 3 is 1.40 bits per heavy atom. The number of phenols is 1. The molecule has 1 heterocycles. The third-order valence-corrected chi connectivity index (χ3v) is 16.8. The van der Waals surface area contributed by atoms with E-state index in [4.69, 9.17) is 34.4 Å². The molecule has 0 bridgehead atoms. The molecule has 0 saturated carbocycles. The molecule has 0 unspecified atom stereocenters. The van der Waals surface area contributed by atoms with Crippen molar-refractivity contribution in [3.8, 4) is 5.75 Å². The van der Waals surface area contributed by atoms with Gasteiger partial charge < -0.3 is 124 Å². The molecule has 41 heteroatoms. The smallest absolute Gasteiger partial charge is 0.305 e. The molecule has 0 aliphatic carbocycles. The number of aliphatic imine (C=N–C) groups is 2. The van der Waals surface area contributed by atoms with Gasteiger partial charge in [-0.05, 0) is 86.6 Å². The first-order valence-corrected chi connectivity index (χ1v) is 35.5. The number of aliphatic hydroxyl groups is 2. The standard InChI is InChI=1S/C66H103N21O18S2/c1-32(2)22-44(82-55(96)39(67)30-106)61(102)85-49(29-89)64(105)86-48(28-88)63(104)80-42(13-9-20-75-66(71)72)58(99)83-45(23-33(3)4)60(101)84-47(26-52(92)93)59(100)77-34(5)54(95)87-50(31-107)56(97)73-21-18-51(91)78-46(25-36-27-76-40-11-7-6-10-38(36)40)62(103)79-41(12-8-19-74-65(69)70)57(98)81-43(53(68)94)24-35-14-16-37(90)17-15-35/h6-7,10-11,14-17,27,32-34,39,41-50,76,88-90,106-107H,8-9,12-13,18-26,28-31,67H2,1-5H3,(H2,68,94)(H,73,97)(H,77,100)(H,78,91)(H,79,103)(H,80,104)(H,81,98)(H,82,96)(H,83,99)(H,84,101)(H,85,102)(H,86,105)(H,87,95)(H,92,93)(H4,69,70,74)(H4,71,72,75)/t34-,39-,41-,42-,43-,44-,45-,46-,47-,48-,49-,50-/m0/s1. The second kappa shape index (κ2) is 46.4. The van der Waals surface area contributed by atoms with Crippen LogP contribution >= 0.6 is 25.3 Å². The maximum Gasteiger partial charge on any atom is 0.305 e. The van der Waals surface area contributed by atoms with E-state index in [0.29, 0.717) is 22.0 Å². The molecule has 3 aromatic rings. The molecule has 3 rings (SSSR count). The van der Waals surface area contributed by atoms with E-state index in [1.54, 1.807) is 58.2 Å². The lowest BCUT2D eigenvalue weighted by Crippen LogP contribution is -2.61. The van der Waals surface area contributed by atoms with E-state index in [0.717, 1.165) is 0 Å². The highest BCUT2D eigenvalue weighted by atomic mass is 32.1. The Morgan fingerprint density at radius 2 is 0.925 bits per heavy atom. The molecule has 39 nitrogen and oxygen atoms in total. The van der Waals surface area contributed by atoms with Crippen molar-refractivity contribution in [1.82, 2.24) is 68.8 Å². The second-order valence-corrected chi connectivity index (χ2v) is 26.6. The number of thiol groups is 2. The van der Waals surface area contributed by atoms with E-state index in [-0.39, 0.29) is 106 Å². The number of fused-ring (bicyclic) bond motifs is 1. The summed E-state index contributed by atoms with van der Waals surface area (Å²) in [7, 11) is 0. The number of carbonyl (C=O) groups excluding carboxylic acids is 13. The van der Waals surface area contributed by atoms with E-state index in [2.05, 4.69) is 104 Å². The number of H-pyrrole nitrogens is 1. The van der Waals surface area contributed by atoms with Gasteiger partial charge in [-0.3, -0.25) is 77.1 Å². The number of benzene rings is 2. The fourth-order valence-corrected chi connectivity index (χ4v) is 10.8. The molecule has 0 radical (unpaired) electrons. The highest BCUT2D eigenvalue weighted by molar-refractivity contribution is 7.80. The predicted octanol–water partition coefficient (Wildman–Crippen LogP) is -7.15. The molecule has 1 aromatic heterocycles. The van der Waals surface area contributed by atoms with Crippen LogP contribution in [0.3, 0.4) is 0 Å². The molecule has 12 atom stereocenters. The lowest BCUT2D eigenvalue weighted by molar-refractivity contribution is -0.141. The summed E-state index contributed by atoms with van der Waals surface area (Å²) in [5.41, 5.74) is 35.2. The number of hydrogen-bond donors (Lipinski definition) is 25. The SMILES string of the molecule is CC(C)C[C@H](NC(=O)[C@H](CCCN=C(N)N)NC(=O)[C@H](CO)NC(=O)[C@H](CO)NC(=O)[C@H](CC(C)C)NC(=O)[C@@H](N)CS)C(=O)N[C@@H](CC(=O)O)C(=O)N[C@@H](C)C(=O)N[C@@H](CS)C(=O)NCCC(=O)N[C@@H](Cc1c[nH]c2ccccc12)C(=O)N[C@@H](CCCN=C(N)N)C(=O)N[C@@H](Cc1ccc(O)cc1)C(N)=O. The van der Waals surface area contributed by atoms with Gasteiger partial charge in [0.05, 0.1) is 25.7 Å². The number of amides is 13. The van der Waals surface area contributed by atoms with Crippen molar-refractivity contribution in [3.05, 3.63) is 65.9 Å². The van der Waals surface area contributed by atoms with Crippen molar-refractivity contribution in [2.24, 2.45) is 56.2 Å². The molecule has 0 aliphatic heterocycles. The molecule has 592 valence electrons. The quantitative estimate of drug-likeness (QED) is 0.0108. The number of aliphatic carboxylic acids is 1. The van der Waals surface area contributed by atoms with E-state index >= 15 is 0 Å². The Kier molecular flexibility index (Phi) is 39.4. The fourth-order valence-electron chi connectivity index (χ4n) is 10.4. The topological polar surface area (TPSA) is 661 Å². The number of nitrogens with two attached hydrogens (primary N) is 6. The number of aliphatic hydroxyl groups excluding tert-OH is 2. The van der Waals surface area contributed by atoms with Crippen LogP contribution in [-0.4, -0.2) is 237 Å². The summed E-state index contributed by atoms with van der Waals surface area (Å²) in [5.74, 6) is -15.7. The monoisotopic (exact) mass is 1540 g/mol. The van der Waals surface area contributed by atoms with Crippen LogP contribution in [-0.2, 0) is 80.0 Å². The summed E-state index contributed by atoms with van der Waals surface area (Å²) in [6.07, 6.45) is -0.351. The van der Waals surface area contributed by atoms with Gasteiger partial charge in [-0.2, -0.15) is 25.3 Å². The largest absolute Gasteiger partial charge is 0.508 e. The number of nitrogens with one attached hydrogen (secondary N) is 13. The number of hydrogen-bond acceptors (Lipinski definition) is 22. The Hall–Kier alpha value is -10.5. The zero-order chi connectivity index (χ0) is 80.2. The van der Waals surface area contributed by atoms with Crippen LogP contribution in [0.2, 0.25) is 0 Å². The van der Waals surface area contributed by atoms with Gasteiger partial charge >= 0.3 is 5.97 Å². The molecule has 0 fully saturated rings. The Morgan fingerprint density at radius 1 is 0.486 bits per heavy atom.